The van der Waals surface area contributed by atoms with E-state index in [1.165, 1.54) is 11.1 Å². The second kappa shape index (κ2) is 12.4. The fourth-order valence-electron chi connectivity index (χ4n) is 7.32. The topological polar surface area (TPSA) is 24.9 Å². The third kappa shape index (κ3) is 5.17. The molecule has 52 heavy (non-hydrogen) atoms. The molecule has 4 nitrogen and oxygen atoms in total. The molecule has 0 aromatic heterocycles. The Morgan fingerprint density at radius 1 is 0.308 bits per heavy atom. The summed E-state index contributed by atoms with van der Waals surface area (Å²) >= 11 is 0. The minimum absolute atomic E-state index is 0.780. The van der Waals surface area contributed by atoms with Gasteiger partial charge in [0.1, 0.15) is 5.69 Å². The maximum absolute atomic E-state index is 6.53. The molecule has 0 fully saturated rings. The summed E-state index contributed by atoms with van der Waals surface area (Å²) in [4.78, 5) is 4.55. The van der Waals surface area contributed by atoms with Crippen LogP contribution >= 0.6 is 0 Å². The van der Waals surface area contributed by atoms with Crippen molar-refractivity contribution in [3.63, 3.8) is 0 Å². The summed E-state index contributed by atoms with van der Waals surface area (Å²) in [7, 11) is 0. The van der Waals surface area contributed by atoms with Gasteiger partial charge in [-0.2, -0.15) is 0 Å². The lowest BCUT2D eigenvalue weighted by Gasteiger charge is -2.37. The molecule has 4 heteroatoms. The SMILES string of the molecule is c1ccc(-c2ccc(N(c3ccccc3)c3ccc(-c4cccc(-c5ccc6c(c5)Oc5cccc7c5N6c5ccccc5O7)c4)cc3)cc2)cc1. The van der Waals surface area contributed by atoms with Crippen molar-refractivity contribution < 1.29 is 9.47 Å². The van der Waals surface area contributed by atoms with Crippen LogP contribution in [-0.4, -0.2) is 0 Å². The highest BCUT2D eigenvalue weighted by Gasteiger charge is 2.34. The summed E-state index contributed by atoms with van der Waals surface area (Å²) in [5.41, 5.74) is 13.2. The van der Waals surface area contributed by atoms with Crippen molar-refractivity contribution in [2.75, 3.05) is 9.80 Å². The average Bonchev–Trinajstić information content (AvgIpc) is 3.22. The molecule has 2 heterocycles. The first-order chi connectivity index (χ1) is 25.8. The van der Waals surface area contributed by atoms with E-state index in [0.29, 0.717) is 0 Å². The Morgan fingerprint density at radius 2 is 0.750 bits per heavy atom. The summed E-state index contributed by atoms with van der Waals surface area (Å²) in [5, 5.41) is 0. The summed E-state index contributed by atoms with van der Waals surface area (Å²) < 4.78 is 12.8. The van der Waals surface area contributed by atoms with E-state index >= 15 is 0 Å². The maximum atomic E-state index is 6.53. The highest BCUT2D eigenvalue weighted by atomic mass is 16.5. The Bertz CT molecular complexity index is 2570. The third-order valence-corrected chi connectivity index (χ3v) is 9.83. The molecule has 0 bridgehead atoms. The van der Waals surface area contributed by atoms with Gasteiger partial charge in [-0.3, -0.25) is 4.90 Å². The number of nitrogens with zero attached hydrogens (tertiary/aromatic N) is 2. The predicted octanol–water partition coefficient (Wildman–Crippen LogP) is 13.8. The van der Waals surface area contributed by atoms with Crippen LogP contribution in [0.15, 0.2) is 194 Å². The molecule has 0 spiro atoms. The van der Waals surface area contributed by atoms with E-state index < -0.39 is 0 Å². The van der Waals surface area contributed by atoms with E-state index in [1.54, 1.807) is 0 Å². The second-order valence-electron chi connectivity index (χ2n) is 13.0. The molecule has 0 atom stereocenters. The Labute approximate surface area is 303 Å². The number of ether oxygens (including phenoxy) is 2. The van der Waals surface area contributed by atoms with Gasteiger partial charge >= 0.3 is 0 Å². The van der Waals surface area contributed by atoms with Crippen molar-refractivity contribution in [2.45, 2.75) is 0 Å². The van der Waals surface area contributed by atoms with E-state index in [9.17, 15) is 0 Å². The lowest BCUT2D eigenvalue weighted by molar-refractivity contribution is 0.446. The van der Waals surface area contributed by atoms with E-state index in [2.05, 4.69) is 168 Å². The Kier molecular flexibility index (Phi) is 7.10. The number of fused-ring (bicyclic) bond motifs is 4. The lowest BCUT2D eigenvalue weighted by atomic mass is 9.97. The second-order valence-corrected chi connectivity index (χ2v) is 13.0. The van der Waals surface area contributed by atoms with Gasteiger partial charge in [0.05, 0.1) is 11.4 Å². The minimum atomic E-state index is 0.780. The summed E-state index contributed by atoms with van der Waals surface area (Å²) in [6.45, 7) is 0. The fourth-order valence-corrected chi connectivity index (χ4v) is 7.32. The van der Waals surface area contributed by atoms with Crippen molar-refractivity contribution in [2.24, 2.45) is 0 Å². The Morgan fingerprint density at radius 3 is 1.46 bits per heavy atom. The first-order valence-electron chi connectivity index (χ1n) is 17.5. The molecule has 0 radical (unpaired) electrons. The molecule has 8 aromatic carbocycles. The van der Waals surface area contributed by atoms with Crippen molar-refractivity contribution >= 4 is 34.1 Å². The van der Waals surface area contributed by atoms with Gasteiger partial charge in [-0.1, -0.05) is 115 Å². The quantitative estimate of drug-likeness (QED) is 0.176. The van der Waals surface area contributed by atoms with Crippen LogP contribution in [0.5, 0.6) is 23.0 Å². The molecule has 2 aliphatic rings. The standard InChI is InChI=1S/C48H32N2O2/c1-3-11-33(12-4-1)34-21-26-40(27-22-34)49(39-15-5-2-6-16-39)41-28-23-35(24-29-41)36-13-9-14-37(31-36)38-25-30-43-47(32-38)52-46-20-10-19-45-48(46)50(43)42-17-7-8-18-44(42)51-45/h1-32H. The number of hydrogen-bond acceptors (Lipinski definition) is 4. The van der Waals surface area contributed by atoms with E-state index in [-0.39, 0.29) is 0 Å². The van der Waals surface area contributed by atoms with Crippen molar-refractivity contribution in [3.05, 3.63) is 194 Å². The fraction of sp³-hybridized carbons (Fsp3) is 0. The molecule has 0 N–H and O–H groups in total. The van der Waals surface area contributed by atoms with Gasteiger partial charge in [-0.15, -0.1) is 0 Å². The number of para-hydroxylation sites is 4. The summed E-state index contributed by atoms with van der Waals surface area (Å²) in [5.74, 6) is 3.21. The molecule has 8 aromatic rings. The predicted molar refractivity (Wildman–Crippen MR) is 212 cm³/mol. The minimum Gasteiger partial charge on any atom is -0.453 e. The summed E-state index contributed by atoms with van der Waals surface area (Å²) in [6, 6.07) is 68.0. The van der Waals surface area contributed by atoms with Gasteiger partial charge < -0.3 is 14.4 Å². The average molecular weight is 669 g/mol. The zero-order chi connectivity index (χ0) is 34.4. The van der Waals surface area contributed by atoms with Crippen LogP contribution in [-0.2, 0) is 0 Å². The van der Waals surface area contributed by atoms with E-state index in [0.717, 1.165) is 79.4 Å². The molecular formula is C48H32N2O2. The highest BCUT2D eigenvalue weighted by molar-refractivity contribution is 5.94. The van der Waals surface area contributed by atoms with Gasteiger partial charge in [0, 0.05) is 17.1 Å². The first kappa shape index (κ1) is 29.8. The van der Waals surface area contributed by atoms with E-state index in [4.69, 9.17) is 9.47 Å². The largest absolute Gasteiger partial charge is 0.453 e. The molecule has 10 rings (SSSR count). The van der Waals surface area contributed by atoms with Crippen LogP contribution in [0.2, 0.25) is 0 Å². The van der Waals surface area contributed by atoms with Gasteiger partial charge in [0.15, 0.2) is 23.0 Å². The lowest BCUT2D eigenvalue weighted by Crippen LogP contribution is -2.20. The number of hydrogen-bond donors (Lipinski definition) is 0. The molecule has 0 aliphatic carbocycles. The van der Waals surface area contributed by atoms with Crippen LogP contribution in [0.1, 0.15) is 0 Å². The molecule has 2 aliphatic heterocycles. The van der Waals surface area contributed by atoms with E-state index in [1.807, 2.05) is 36.4 Å². The van der Waals surface area contributed by atoms with Crippen molar-refractivity contribution in [1.82, 2.24) is 0 Å². The van der Waals surface area contributed by atoms with Gasteiger partial charge in [-0.05, 0) is 112 Å². The smallest absolute Gasteiger partial charge is 0.155 e. The zero-order valence-corrected chi connectivity index (χ0v) is 28.2. The number of benzene rings is 8. The molecular weight excluding hydrogens is 637 g/mol. The van der Waals surface area contributed by atoms with Gasteiger partial charge in [0.2, 0.25) is 0 Å². The number of rotatable bonds is 6. The Hall–Kier alpha value is -7.04. The molecule has 0 saturated heterocycles. The maximum Gasteiger partial charge on any atom is 0.155 e. The van der Waals surface area contributed by atoms with Crippen LogP contribution in [0.25, 0.3) is 33.4 Å². The van der Waals surface area contributed by atoms with Gasteiger partial charge in [0.25, 0.3) is 0 Å². The zero-order valence-electron chi connectivity index (χ0n) is 28.2. The van der Waals surface area contributed by atoms with Crippen LogP contribution in [0.3, 0.4) is 0 Å². The number of anilines is 6. The van der Waals surface area contributed by atoms with Gasteiger partial charge in [-0.25, -0.2) is 0 Å². The highest BCUT2D eigenvalue weighted by Crippen LogP contribution is 2.59. The molecule has 0 saturated carbocycles. The van der Waals surface area contributed by atoms with Crippen LogP contribution < -0.4 is 19.3 Å². The molecule has 0 amide bonds. The monoisotopic (exact) mass is 668 g/mol. The van der Waals surface area contributed by atoms with Crippen LogP contribution in [0, 0.1) is 0 Å². The molecule has 0 unspecified atom stereocenters. The third-order valence-electron chi connectivity index (χ3n) is 9.83. The molecule has 246 valence electrons. The summed E-state index contributed by atoms with van der Waals surface area (Å²) in [6.07, 6.45) is 0. The first-order valence-corrected chi connectivity index (χ1v) is 17.5. The van der Waals surface area contributed by atoms with Crippen molar-refractivity contribution in [1.29, 1.82) is 0 Å². The normalized spacial score (nSPS) is 12.1. The van der Waals surface area contributed by atoms with Crippen molar-refractivity contribution in [3.8, 4) is 56.4 Å². The Balaban J connectivity index is 0.965. The van der Waals surface area contributed by atoms with Crippen LogP contribution in [0.4, 0.5) is 34.1 Å².